The first-order chi connectivity index (χ1) is 6.70. The molecule has 0 aromatic rings. The van der Waals surface area contributed by atoms with E-state index in [4.69, 9.17) is 0 Å². The quantitative estimate of drug-likeness (QED) is 0.368. The molecule has 2 nitrogen and oxygen atoms in total. The van der Waals surface area contributed by atoms with E-state index in [0.29, 0.717) is 0 Å². The van der Waals surface area contributed by atoms with Crippen LogP contribution in [0.25, 0.3) is 0 Å². The number of aliphatic imine (C=N–C) groups is 2. The molecule has 0 saturated heterocycles. The number of nitrogens with zero attached hydrogens (tertiary/aromatic N) is 2. The predicted molar refractivity (Wildman–Crippen MR) is 65.1 cm³/mol. The lowest BCUT2D eigenvalue weighted by Crippen LogP contribution is -1.84. The predicted octanol–water partition coefficient (Wildman–Crippen LogP) is 3.76. The molecular formula is C12H20N2. The van der Waals surface area contributed by atoms with Gasteiger partial charge in [-0.05, 0) is 40.5 Å². The molecule has 0 N–H and O–H groups in total. The molecule has 0 radical (unpaired) electrons. The first-order valence-corrected chi connectivity index (χ1v) is 5.00. The average molecular weight is 192 g/mol. The van der Waals surface area contributed by atoms with Crippen molar-refractivity contribution in [2.45, 2.75) is 40.5 Å². The number of allylic oxidation sites excluding steroid dienone is 3. The molecule has 0 atom stereocenters. The summed E-state index contributed by atoms with van der Waals surface area (Å²) in [5, 5.41) is 0. The van der Waals surface area contributed by atoms with Gasteiger partial charge in [0.25, 0.3) is 0 Å². The van der Waals surface area contributed by atoms with Crippen molar-refractivity contribution in [3.05, 3.63) is 23.9 Å². The van der Waals surface area contributed by atoms with E-state index >= 15 is 0 Å². The van der Waals surface area contributed by atoms with Crippen molar-refractivity contribution in [2.75, 3.05) is 0 Å². The van der Waals surface area contributed by atoms with Gasteiger partial charge in [-0.15, -0.1) is 0 Å². The van der Waals surface area contributed by atoms with E-state index in [1.54, 1.807) is 6.21 Å². The maximum atomic E-state index is 4.23. The zero-order valence-corrected chi connectivity index (χ0v) is 9.62. The van der Waals surface area contributed by atoms with Crippen molar-refractivity contribution in [1.29, 1.82) is 0 Å². The smallest absolute Gasteiger partial charge is 0.124 e. The third-order valence-corrected chi connectivity index (χ3v) is 1.73. The molecule has 78 valence electrons. The average Bonchev–Trinajstić information content (AvgIpc) is 2.16. The molecular weight excluding hydrogens is 172 g/mol. The van der Waals surface area contributed by atoms with E-state index in [1.165, 1.54) is 5.57 Å². The monoisotopic (exact) mass is 192 g/mol. The topological polar surface area (TPSA) is 24.7 Å². The molecule has 0 rings (SSSR count). The lowest BCUT2D eigenvalue weighted by Gasteiger charge is -1.95. The largest absolute Gasteiger partial charge is 0.246 e. The summed E-state index contributed by atoms with van der Waals surface area (Å²) in [5.74, 6) is 0.804. The Morgan fingerprint density at radius 1 is 1.21 bits per heavy atom. The van der Waals surface area contributed by atoms with Gasteiger partial charge in [-0.25, -0.2) is 9.98 Å². The Morgan fingerprint density at radius 3 is 2.50 bits per heavy atom. The van der Waals surface area contributed by atoms with Gasteiger partial charge in [-0.3, -0.25) is 0 Å². The highest BCUT2D eigenvalue weighted by Gasteiger charge is 1.87. The highest BCUT2D eigenvalue weighted by atomic mass is 14.9. The third-order valence-electron chi connectivity index (χ3n) is 1.73. The summed E-state index contributed by atoms with van der Waals surface area (Å²) < 4.78 is 0. The van der Waals surface area contributed by atoms with Crippen LogP contribution in [0.4, 0.5) is 0 Å². The van der Waals surface area contributed by atoms with Crippen LogP contribution in [0.2, 0.25) is 0 Å². The van der Waals surface area contributed by atoms with Crippen LogP contribution in [0.1, 0.15) is 40.5 Å². The fraction of sp³-hybridized carbons (Fsp3) is 0.500. The molecule has 0 aliphatic carbocycles. The minimum absolute atomic E-state index is 0.804. The summed E-state index contributed by atoms with van der Waals surface area (Å²) in [7, 11) is 0. The summed E-state index contributed by atoms with van der Waals surface area (Å²) >= 11 is 0. The molecule has 0 unspecified atom stereocenters. The number of hydrogen-bond acceptors (Lipinski definition) is 1. The molecule has 0 saturated carbocycles. The summed E-state index contributed by atoms with van der Waals surface area (Å²) in [6.45, 7) is 7.92. The van der Waals surface area contributed by atoms with Crippen LogP contribution in [0.5, 0.6) is 0 Å². The summed E-state index contributed by atoms with van der Waals surface area (Å²) in [6.07, 6.45) is 10.0. The van der Waals surface area contributed by atoms with Crippen LogP contribution in [0.3, 0.4) is 0 Å². The van der Waals surface area contributed by atoms with Gasteiger partial charge in [0.2, 0.25) is 0 Å². The van der Waals surface area contributed by atoms with Crippen molar-refractivity contribution in [2.24, 2.45) is 9.98 Å². The zero-order valence-electron chi connectivity index (χ0n) is 9.62. The Morgan fingerprint density at radius 2 is 1.93 bits per heavy atom. The van der Waals surface area contributed by atoms with E-state index in [-0.39, 0.29) is 0 Å². The summed E-state index contributed by atoms with van der Waals surface area (Å²) in [5.41, 5.74) is 1.29. The van der Waals surface area contributed by atoms with Crippen molar-refractivity contribution in [1.82, 2.24) is 0 Å². The van der Waals surface area contributed by atoms with E-state index < -0.39 is 0 Å². The maximum Gasteiger partial charge on any atom is 0.124 e. The van der Waals surface area contributed by atoms with Gasteiger partial charge in [0.15, 0.2) is 0 Å². The van der Waals surface area contributed by atoms with Crippen LogP contribution >= 0.6 is 0 Å². The molecule has 2 heteroatoms. The highest BCUT2D eigenvalue weighted by molar-refractivity contribution is 5.87. The van der Waals surface area contributed by atoms with Crippen molar-refractivity contribution >= 4 is 12.1 Å². The fourth-order valence-electron chi connectivity index (χ4n) is 0.966. The molecule has 0 heterocycles. The van der Waals surface area contributed by atoms with Gasteiger partial charge >= 0.3 is 0 Å². The fourth-order valence-corrected chi connectivity index (χ4v) is 0.966. The summed E-state index contributed by atoms with van der Waals surface area (Å²) in [6, 6.07) is 0. The van der Waals surface area contributed by atoms with Crippen LogP contribution in [0.15, 0.2) is 33.9 Å². The van der Waals surface area contributed by atoms with Gasteiger partial charge < -0.3 is 0 Å². The number of rotatable bonds is 4. The highest BCUT2D eigenvalue weighted by Crippen LogP contribution is 2.04. The van der Waals surface area contributed by atoms with Crippen LogP contribution < -0.4 is 0 Å². The number of amidine groups is 1. The Bertz CT molecular complexity index is 257. The molecule has 0 aliphatic heterocycles. The number of hydrogen-bond donors (Lipinski definition) is 0. The normalized spacial score (nSPS) is 14.6. The zero-order chi connectivity index (χ0) is 10.8. The minimum Gasteiger partial charge on any atom is -0.246 e. The van der Waals surface area contributed by atoms with Gasteiger partial charge in [0.05, 0.1) is 0 Å². The molecule has 0 spiro atoms. The standard InChI is InChI=1S/C12H20N2/c1-5-7-8-9-11(3)10-14-12(4)13-6-2/h5-7,10H,8-9H2,1-4H3/b7-5-,11-10+,13-6?,14-12?. The molecule has 14 heavy (non-hydrogen) atoms. The SMILES string of the molecule is CC=NC(C)=N/C=C(\C)CC/C=C\C. The van der Waals surface area contributed by atoms with Gasteiger partial charge in [-0.1, -0.05) is 17.7 Å². The lowest BCUT2D eigenvalue weighted by molar-refractivity contribution is 0.969. The lowest BCUT2D eigenvalue weighted by atomic mass is 10.2. The second-order valence-electron chi connectivity index (χ2n) is 3.15. The molecule has 0 aromatic heterocycles. The Balaban J connectivity index is 4.04. The van der Waals surface area contributed by atoms with Crippen molar-refractivity contribution < 1.29 is 0 Å². The third kappa shape index (κ3) is 7.47. The Hall–Kier alpha value is -1.18. The second-order valence-corrected chi connectivity index (χ2v) is 3.15. The van der Waals surface area contributed by atoms with E-state index in [0.717, 1.165) is 18.7 Å². The molecule has 0 bridgehead atoms. The molecule has 0 amide bonds. The first-order valence-electron chi connectivity index (χ1n) is 5.00. The van der Waals surface area contributed by atoms with Gasteiger partial charge in [0, 0.05) is 12.4 Å². The van der Waals surface area contributed by atoms with Crippen LogP contribution in [-0.4, -0.2) is 12.1 Å². The Labute approximate surface area is 87.2 Å². The van der Waals surface area contributed by atoms with Gasteiger partial charge in [0.1, 0.15) is 5.84 Å². The van der Waals surface area contributed by atoms with Crippen LogP contribution in [-0.2, 0) is 0 Å². The van der Waals surface area contributed by atoms with E-state index in [9.17, 15) is 0 Å². The van der Waals surface area contributed by atoms with E-state index in [2.05, 4.69) is 29.1 Å². The van der Waals surface area contributed by atoms with Gasteiger partial charge in [-0.2, -0.15) is 0 Å². The summed E-state index contributed by atoms with van der Waals surface area (Å²) in [4.78, 5) is 8.28. The molecule has 0 aromatic carbocycles. The molecule has 0 fully saturated rings. The van der Waals surface area contributed by atoms with E-state index in [1.807, 2.05) is 27.0 Å². The van der Waals surface area contributed by atoms with Crippen molar-refractivity contribution in [3.8, 4) is 0 Å². The minimum atomic E-state index is 0.804. The molecule has 0 aliphatic rings. The van der Waals surface area contributed by atoms with Crippen LogP contribution in [0, 0.1) is 0 Å². The maximum absolute atomic E-state index is 4.23. The Kier molecular flexibility index (Phi) is 7.71. The first kappa shape index (κ1) is 12.8. The van der Waals surface area contributed by atoms with Crippen molar-refractivity contribution in [3.63, 3.8) is 0 Å². The second kappa shape index (κ2) is 8.42.